The molecule has 1 N–H and O–H groups in total. The predicted octanol–water partition coefficient (Wildman–Crippen LogP) is 1.50. The standard InChI is InChI=1S/C19H24N4O4/c1-13-15(3-2-7-20-13)21-17(24)16-11-19(27-22-16)6-8-23(12-19)18(25)14-4-9-26-10-5-14/h2-3,7,14H,4-6,8-12H2,1H3,(H,21,24). The molecule has 3 aliphatic rings. The molecule has 0 bridgehead atoms. The summed E-state index contributed by atoms with van der Waals surface area (Å²) in [5.74, 6) is -0.0765. The van der Waals surface area contributed by atoms with Gasteiger partial charge in [0.25, 0.3) is 5.91 Å². The number of aryl methyl sites for hydroxylation is 1. The Morgan fingerprint density at radius 3 is 2.93 bits per heavy atom. The van der Waals surface area contributed by atoms with E-state index in [4.69, 9.17) is 9.57 Å². The van der Waals surface area contributed by atoms with Crippen LogP contribution in [0, 0.1) is 12.8 Å². The molecule has 0 radical (unpaired) electrons. The number of anilines is 1. The molecule has 2 saturated heterocycles. The highest BCUT2D eigenvalue weighted by Crippen LogP contribution is 2.35. The van der Waals surface area contributed by atoms with E-state index < -0.39 is 5.60 Å². The van der Waals surface area contributed by atoms with Crippen molar-refractivity contribution >= 4 is 23.2 Å². The van der Waals surface area contributed by atoms with E-state index in [9.17, 15) is 9.59 Å². The number of aromatic nitrogens is 1. The molecule has 1 aromatic heterocycles. The van der Waals surface area contributed by atoms with Crippen molar-refractivity contribution in [3.63, 3.8) is 0 Å². The Labute approximate surface area is 157 Å². The molecule has 2 amide bonds. The first-order valence-corrected chi connectivity index (χ1v) is 9.41. The molecule has 1 aromatic rings. The molecule has 0 aromatic carbocycles. The number of nitrogens with zero attached hydrogens (tertiary/aromatic N) is 3. The number of oxime groups is 1. The van der Waals surface area contributed by atoms with Crippen LogP contribution in [-0.4, -0.2) is 59.3 Å². The van der Waals surface area contributed by atoms with Gasteiger partial charge < -0.3 is 19.8 Å². The van der Waals surface area contributed by atoms with Crippen LogP contribution in [0.2, 0.25) is 0 Å². The zero-order chi connectivity index (χ0) is 18.9. The third-order valence-electron chi connectivity index (χ3n) is 5.55. The number of pyridine rings is 1. The summed E-state index contributed by atoms with van der Waals surface area (Å²) in [6.45, 7) is 4.25. The molecular formula is C19H24N4O4. The van der Waals surface area contributed by atoms with E-state index >= 15 is 0 Å². The first-order chi connectivity index (χ1) is 13.1. The maximum atomic E-state index is 12.7. The smallest absolute Gasteiger partial charge is 0.273 e. The third-order valence-corrected chi connectivity index (χ3v) is 5.55. The van der Waals surface area contributed by atoms with Crippen LogP contribution in [0.3, 0.4) is 0 Å². The van der Waals surface area contributed by atoms with Gasteiger partial charge in [0.1, 0.15) is 5.71 Å². The molecule has 0 saturated carbocycles. The van der Waals surface area contributed by atoms with E-state index in [0.29, 0.717) is 50.5 Å². The molecule has 144 valence electrons. The first kappa shape index (κ1) is 17.9. The maximum Gasteiger partial charge on any atom is 0.273 e. The Bertz CT molecular complexity index is 775. The predicted molar refractivity (Wildman–Crippen MR) is 98.2 cm³/mol. The average Bonchev–Trinajstić information content (AvgIpc) is 3.31. The minimum atomic E-state index is -0.572. The van der Waals surface area contributed by atoms with Crippen molar-refractivity contribution in [2.75, 3.05) is 31.6 Å². The van der Waals surface area contributed by atoms with Crippen LogP contribution in [0.1, 0.15) is 31.4 Å². The Kier molecular flexibility index (Phi) is 4.82. The SMILES string of the molecule is Cc1ncccc1NC(=O)C1=NOC2(CCN(C(=O)C3CCOCC3)C2)C1. The van der Waals surface area contributed by atoms with E-state index in [2.05, 4.69) is 15.5 Å². The fraction of sp³-hybridized carbons (Fsp3) is 0.579. The van der Waals surface area contributed by atoms with Gasteiger partial charge in [-0.05, 0) is 31.9 Å². The van der Waals surface area contributed by atoms with Crippen LogP contribution in [0.5, 0.6) is 0 Å². The van der Waals surface area contributed by atoms with Crippen molar-refractivity contribution in [1.82, 2.24) is 9.88 Å². The molecule has 27 heavy (non-hydrogen) atoms. The molecule has 3 aliphatic heterocycles. The Hall–Kier alpha value is -2.48. The molecule has 8 heteroatoms. The number of ether oxygens (including phenoxy) is 1. The highest BCUT2D eigenvalue weighted by Gasteiger charge is 2.48. The van der Waals surface area contributed by atoms with E-state index in [-0.39, 0.29) is 17.7 Å². The second-order valence-corrected chi connectivity index (χ2v) is 7.48. The van der Waals surface area contributed by atoms with Gasteiger partial charge in [0.2, 0.25) is 5.91 Å². The van der Waals surface area contributed by atoms with Gasteiger partial charge in [-0.1, -0.05) is 5.16 Å². The molecule has 8 nitrogen and oxygen atoms in total. The van der Waals surface area contributed by atoms with Crippen molar-refractivity contribution in [3.05, 3.63) is 24.0 Å². The van der Waals surface area contributed by atoms with Crippen molar-refractivity contribution in [1.29, 1.82) is 0 Å². The topological polar surface area (TPSA) is 93.1 Å². The van der Waals surface area contributed by atoms with Gasteiger partial charge >= 0.3 is 0 Å². The summed E-state index contributed by atoms with van der Waals surface area (Å²) in [6.07, 6.45) is 4.33. The second kappa shape index (κ2) is 7.26. The number of rotatable bonds is 3. The number of hydrogen-bond donors (Lipinski definition) is 1. The number of likely N-dealkylation sites (tertiary alicyclic amines) is 1. The maximum absolute atomic E-state index is 12.7. The van der Waals surface area contributed by atoms with Crippen LogP contribution in [0.15, 0.2) is 23.5 Å². The molecule has 0 aliphatic carbocycles. The van der Waals surface area contributed by atoms with Gasteiger partial charge in [0.15, 0.2) is 5.60 Å². The van der Waals surface area contributed by atoms with E-state index in [1.54, 1.807) is 18.3 Å². The molecule has 1 atom stereocenters. The fourth-order valence-corrected chi connectivity index (χ4v) is 3.91. The lowest BCUT2D eigenvalue weighted by atomic mass is 9.96. The lowest BCUT2D eigenvalue weighted by molar-refractivity contribution is -0.138. The van der Waals surface area contributed by atoms with Crippen LogP contribution in [-0.2, 0) is 19.2 Å². The zero-order valence-corrected chi connectivity index (χ0v) is 15.4. The third kappa shape index (κ3) is 3.66. The van der Waals surface area contributed by atoms with E-state index in [0.717, 1.165) is 18.5 Å². The van der Waals surface area contributed by atoms with Crippen LogP contribution >= 0.6 is 0 Å². The van der Waals surface area contributed by atoms with Gasteiger partial charge in [-0.3, -0.25) is 14.6 Å². The molecule has 1 unspecified atom stereocenters. The Balaban J connectivity index is 1.35. The first-order valence-electron chi connectivity index (χ1n) is 9.41. The summed E-state index contributed by atoms with van der Waals surface area (Å²) < 4.78 is 5.34. The second-order valence-electron chi connectivity index (χ2n) is 7.48. The lowest BCUT2D eigenvalue weighted by Crippen LogP contribution is -2.41. The van der Waals surface area contributed by atoms with Crippen LogP contribution in [0.25, 0.3) is 0 Å². The summed E-state index contributed by atoms with van der Waals surface area (Å²) in [7, 11) is 0. The van der Waals surface area contributed by atoms with Gasteiger partial charge in [-0.2, -0.15) is 0 Å². The minimum absolute atomic E-state index is 0.0348. The molecule has 1 spiro atoms. The summed E-state index contributed by atoms with van der Waals surface area (Å²) in [4.78, 5) is 36.9. The molecule has 2 fully saturated rings. The summed E-state index contributed by atoms with van der Waals surface area (Å²) in [5.41, 5.74) is 1.19. The van der Waals surface area contributed by atoms with Crippen LogP contribution in [0.4, 0.5) is 5.69 Å². The Morgan fingerprint density at radius 2 is 2.15 bits per heavy atom. The van der Waals surface area contributed by atoms with Gasteiger partial charge in [-0.25, -0.2) is 0 Å². The zero-order valence-electron chi connectivity index (χ0n) is 15.4. The Morgan fingerprint density at radius 1 is 1.33 bits per heavy atom. The number of carbonyl (C=O) groups excluding carboxylic acids is 2. The average molecular weight is 372 g/mol. The summed E-state index contributed by atoms with van der Waals surface area (Å²) in [6, 6.07) is 3.57. The van der Waals surface area contributed by atoms with Crippen molar-refractivity contribution in [2.45, 2.75) is 38.2 Å². The van der Waals surface area contributed by atoms with Gasteiger partial charge in [0, 0.05) is 44.7 Å². The van der Waals surface area contributed by atoms with Gasteiger partial charge in [0.05, 0.1) is 17.9 Å². The van der Waals surface area contributed by atoms with Gasteiger partial charge in [-0.15, -0.1) is 0 Å². The number of amides is 2. The van der Waals surface area contributed by atoms with Crippen molar-refractivity contribution in [3.8, 4) is 0 Å². The quantitative estimate of drug-likeness (QED) is 0.868. The fourth-order valence-electron chi connectivity index (χ4n) is 3.91. The molecular weight excluding hydrogens is 348 g/mol. The number of carbonyl (C=O) groups is 2. The van der Waals surface area contributed by atoms with Crippen molar-refractivity contribution in [2.24, 2.45) is 11.1 Å². The lowest BCUT2D eigenvalue weighted by Gasteiger charge is -2.27. The molecule has 4 rings (SSSR count). The largest absolute Gasteiger partial charge is 0.386 e. The normalized spacial score (nSPS) is 25.4. The van der Waals surface area contributed by atoms with Crippen molar-refractivity contribution < 1.29 is 19.2 Å². The van der Waals surface area contributed by atoms with Crippen LogP contribution < -0.4 is 5.32 Å². The van der Waals surface area contributed by atoms with E-state index in [1.165, 1.54) is 0 Å². The minimum Gasteiger partial charge on any atom is -0.386 e. The summed E-state index contributed by atoms with van der Waals surface area (Å²) >= 11 is 0. The highest BCUT2D eigenvalue weighted by atomic mass is 16.7. The number of hydrogen-bond acceptors (Lipinski definition) is 6. The van der Waals surface area contributed by atoms with E-state index in [1.807, 2.05) is 11.8 Å². The molecule has 4 heterocycles. The number of nitrogens with one attached hydrogen (secondary N) is 1. The highest BCUT2D eigenvalue weighted by molar-refractivity contribution is 6.43. The monoisotopic (exact) mass is 372 g/mol. The summed E-state index contributed by atoms with van der Waals surface area (Å²) in [5, 5.41) is 6.87.